The van der Waals surface area contributed by atoms with Crippen molar-refractivity contribution in [2.45, 2.75) is 6.54 Å². The molecule has 2 amide bonds. The van der Waals surface area contributed by atoms with Crippen LogP contribution < -0.4 is 5.32 Å². The van der Waals surface area contributed by atoms with E-state index in [0.29, 0.717) is 11.3 Å². The first kappa shape index (κ1) is 18.6. The van der Waals surface area contributed by atoms with Crippen LogP contribution in [-0.4, -0.2) is 16.7 Å². The molecule has 3 aromatic carbocycles. The number of nitrogens with one attached hydrogen (secondary N) is 1. The Hall–Kier alpha value is -3.80. The van der Waals surface area contributed by atoms with E-state index < -0.39 is 23.4 Å². The lowest BCUT2D eigenvalue weighted by Gasteiger charge is -2.16. The highest BCUT2D eigenvalue weighted by Crippen LogP contribution is 2.31. The van der Waals surface area contributed by atoms with Gasteiger partial charge in [-0.15, -0.1) is 0 Å². The van der Waals surface area contributed by atoms with Crippen LogP contribution >= 0.6 is 0 Å². The second-order valence-electron chi connectivity index (χ2n) is 6.54. The molecular formula is C23H16F2N2O2. The zero-order valence-electron chi connectivity index (χ0n) is 15.2. The maximum atomic E-state index is 14.1. The summed E-state index contributed by atoms with van der Waals surface area (Å²) in [7, 11) is 0. The zero-order valence-corrected chi connectivity index (χ0v) is 15.2. The molecule has 4 rings (SSSR count). The van der Waals surface area contributed by atoms with Crippen molar-refractivity contribution in [3.8, 4) is 0 Å². The summed E-state index contributed by atoms with van der Waals surface area (Å²) in [6.07, 6.45) is 0. The van der Waals surface area contributed by atoms with Crippen LogP contribution in [0.25, 0.3) is 5.57 Å². The Morgan fingerprint density at radius 3 is 2.10 bits per heavy atom. The van der Waals surface area contributed by atoms with Gasteiger partial charge in [-0.2, -0.15) is 0 Å². The van der Waals surface area contributed by atoms with E-state index in [0.717, 1.165) is 4.90 Å². The molecule has 0 aliphatic carbocycles. The second kappa shape index (κ2) is 7.67. The van der Waals surface area contributed by atoms with Gasteiger partial charge in [0, 0.05) is 11.3 Å². The lowest BCUT2D eigenvalue weighted by atomic mass is 10.0. The first-order valence-electron chi connectivity index (χ1n) is 8.96. The standard InChI is InChI=1S/C23H16F2N2O2/c24-17-10-12-18(13-11-17)26-21-20(15-6-2-1-3-7-15)22(28)27(23(21)29)14-16-8-4-5-9-19(16)25/h1-13,26H,14H2. The van der Waals surface area contributed by atoms with Crippen molar-refractivity contribution in [3.05, 3.63) is 107 Å². The summed E-state index contributed by atoms with van der Waals surface area (Å²) in [5, 5.41) is 2.93. The highest BCUT2D eigenvalue weighted by atomic mass is 19.1. The summed E-state index contributed by atoms with van der Waals surface area (Å²) < 4.78 is 27.3. The van der Waals surface area contributed by atoms with Crippen LogP contribution in [-0.2, 0) is 16.1 Å². The molecule has 0 spiro atoms. The quantitative estimate of drug-likeness (QED) is 0.659. The van der Waals surface area contributed by atoms with Crippen molar-refractivity contribution in [2.24, 2.45) is 0 Å². The summed E-state index contributed by atoms with van der Waals surface area (Å²) in [6.45, 7) is -0.185. The summed E-state index contributed by atoms with van der Waals surface area (Å²) in [4.78, 5) is 27.2. The van der Waals surface area contributed by atoms with Crippen molar-refractivity contribution in [1.29, 1.82) is 0 Å². The van der Waals surface area contributed by atoms with Gasteiger partial charge >= 0.3 is 0 Å². The minimum absolute atomic E-state index is 0.0733. The molecule has 0 fully saturated rings. The molecule has 0 saturated heterocycles. The van der Waals surface area contributed by atoms with Crippen molar-refractivity contribution in [1.82, 2.24) is 4.90 Å². The van der Waals surface area contributed by atoms with Crippen molar-refractivity contribution in [3.63, 3.8) is 0 Å². The van der Waals surface area contributed by atoms with Crippen LogP contribution in [0.15, 0.2) is 84.6 Å². The second-order valence-corrected chi connectivity index (χ2v) is 6.54. The van der Waals surface area contributed by atoms with E-state index in [1.165, 1.54) is 36.4 Å². The number of nitrogens with zero attached hydrogens (tertiary/aromatic N) is 1. The molecule has 0 aromatic heterocycles. The van der Waals surface area contributed by atoms with Crippen LogP contribution in [0.4, 0.5) is 14.5 Å². The topological polar surface area (TPSA) is 49.4 Å². The van der Waals surface area contributed by atoms with E-state index in [9.17, 15) is 18.4 Å². The van der Waals surface area contributed by atoms with E-state index in [-0.39, 0.29) is 23.4 Å². The summed E-state index contributed by atoms with van der Waals surface area (Å²) in [5.41, 5.74) is 1.53. The molecule has 0 radical (unpaired) electrons. The van der Waals surface area contributed by atoms with Gasteiger partial charge < -0.3 is 5.32 Å². The van der Waals surface area contributed by atoms with E-state index in [4.69, 9.17) is 0 Å². The average molecular weight is 390 g/mol. The summed E-state index contributed by atoms with van der Waals surface area (Å²) in [6, 6.07) is 20.2. The molecule has 0 bridgehead atoms. The average Bonchev–Trinajstić information content (AvgIpc) is 2.96. The molecule has 0 saturated carbocycles. The molecule has 4 nitrogen and oxygen atoms in total. The number of hydrogen-bond acceptors (Lipinski definition) is 3. The fourth-order valence-corrected chi connectivity index (χ4v) is 3.18. The maximum absolute atomic E-state index is 14.1. The van der Waals surface area contributed by atoms with Gasteiger partial charge in [-0.3, -0.25) is 14.5 Å². The molecule has 1 heterocycles. The van der Waals surface area contributed by atoms with Gasteiger partial charge in [0.2, 0.25) is 0 Å². The first-order valence-corrected chi connectivity index (χ1v) is 8.96. The molecule has 29 heavy (non-hydrogen) atoms. The van der Waals surface area contributed by atoms with Gasteiger partial charge in [0.15, 0.2) is 0 Å². The number of carbonyl (C=O) groups excluding carboxylic acids is 2. The smallest absolute Gasteiger partial charge is 0.278 e. The summed E-state index contributed by atoms with van der Waals surface area (Å²) >= 11 is 0. The Morgan fingerprint density at radius 2 is 1.41 bits per heavy atom. The number of rotatable bonds is 5. The molecule has 1 aliphatic heterocycles. The molecule has 1 N–H and O–H groups in total. The van der Waals surface area contributed by atoms with Crippen molar-refractivity contribution < 1.29 is 18.4 Å². The van der Waals surface area contributed by atoms with Gasteiger partial charge in [-0.05, 0) is 35.9 Å². The van der Waals surface area contributed by atoms with Crippen LogP contribution in [0.3, 0.4) is 0 Å². The largest absolute Gasteiger partial charge is 0.350 e. The summed E-state index contributed by atoms with van der Waals surface area (Å²) in [5.74, 6) is -1.99. The number of carbonyl (C=O) groups is 2. The van der Waals surface area contributed by atoms with E-state index in [1.54, 1.807) is 42.5 Å². The third-order valence-corrected chi connectivity index (χ3v) is 4.63. The number of hydrogen-bond donors (Lipinski definition) is 1. The molecule has 1 aliphatic rings. The minimum atomic E-state index is -0.568. The Labute approximate surface area is 166 Å². The number of benzene rings is 3. The van der Waals surface area contributed by atoms with Crippen LogP contribution in [0.1, 0.15) is 11.1 Å². The van der Waals surface area contributed by atoms with Crippen molar-refractivity contribution in [2.75, 3.05) is 5.32 Å². The van der Waals surface area contributed by atoms with Crippen molar-refractivity contribution >= 4 is 23.1 Å². The number of amides is 2. The van der Waals surface area contributed by atoms with Gasteiger partial charge in [-0.1, -0.05) is 48.5 Å². The molecule has 3 aromatic rings. The Kier molecular flexibility index (Phi) is 4.91. The molecule has 144 valence electrons. The molecule has 6 heteroatoms. The molecule has 0 unspecified atom stereocenters. The lowest BCUT2D eigenvalue weighted by molar-refractivity contribution is -0.137. The SMILES string of the molecule is O=C1C(Nc2ccc(F)cc2)=C(c2ccccc2)C(=O)N1Cc1ccccc1F. The fourth-order valence-electron chi connectivity index (χ4n) is 3.18. The lowest BCUT2D eigenvalue weighted by Crippen LogP contribution is -2.32. The zero-order chi connectivity index (χ0) is 20.4. The van der Waals surface area contributed by atoms with E-state index in [1.807, 2.05) is 0 Å². The molecular weight excluding hydrogens is 374 g/mol. The monoisotopic (exact) mass is 390 g/mol. The van der Waals surface area contributed by atoms with Crippen LogP contribution in [0.5, 0.6) is 0 Å². The number of halogens is 2. The normalized spacial score (nSPS) is 13.9. The highest BCUT2D eigenvalue weighted by molar-refractivity contribution is 6.36. The number of imide groups is 1. The van der Waals surface area contributed by atoms with Crippen LogP contribution in [0, 0.1) is 11.6 Å². The van der Waals surface area contributed by atoms with E-state index in [2.05, 4.69) is 5.32 Å². The highest BCUT2D eigenvalue weighted by Gasteiger charge is 2.39. The fraction of sp³-hybridized carbons (Fsp3) is 0.0435. The van der Waals surface area contributed by atoms with Crippen LogP contribution in [0.2, 0.25) is 0 Å². The third kappa shape index (κ3) is 3.65. The first-order chi connectivity index (χ1) is 14.0. The number of anilines is 1. The van der Waals surface area contributed by atoms with Gasteiger partial charge in [0.1, 0.15) is 17.3 Å². The van der Waals surface area contributed by atoms with E-state index >= 15 is 0 Å². The predicted octanol–water partition coefficient (Wildman–Crippen LogP) is 4.36. The Morgan fingerprint density at radius 1 is 0.759 bits per heavy atom. The van der Waals surface area contributed by atoms with Gasteiger partial charge in [0.05, 0.1) is 12.1 Å². The van der Waals surface area contributed by atoms with Gasteiger partial charge in [0.25, 0.3) is 11.8 Å². The predicted molar refractivity (Wildman–Crippen MR) is 105 cm³/mol. The minimum Gasteiger partial charge on any atom is -0.350 e. The Bertz CT molecular complexity index is 1110. The van der Waals surface area contributed by atoms with Gasteiger partial charge in [-0.25, -0.2) is 8.78 Å². The third-order valence-electron chi connectivity index (χ3n) is 4.63. The molecule has 0 atom stereocenters. The Balaban J connectivity index is 1.73. The maximum Gasteiger partial charge on any atom is 0.278 e.